The molecule has 1 aliphatic heterocycles. The lowest BCUT2D eigenvalue weighted by molar-refractivity contribution is 0.0732. The maximum Gasteiger partial charge on any atom is 0.255 e. The van der Waals surface area contributed by atoms with Crippen LogP contribution in [0.4, 0.5) is 4.39 Å². The first-order chi connectivity index (χ1) is 13.0. The highest BCUT2D eigenvalue weighted by Crippen LogP contribution is 2.39. The normalized spacial score (nSPS) is 13.6. The first kappa shape index (κ1) is 17.5. The first-order valence-corrected chi connectivity index (χ1v) is 9.28. The van der Waals surface area contributed by atoms with Crippen LogP contribution in [0.15, 0.2) is 42.7 Å². The van der Waals surface area contributed by atoms with Crippen LogP contribution in [0.5, 0.6) is 11.5 Å². The highest BCUT2D eigenvalue weighted by Gasteiger charge is 2.24. The number of carbonyl (C=O) groups excluding carboxylic acids is 1. The summed E-state index contributed by atoms with van der Waals surface area (Å²) in [5.74, 6) is -0.439. The van der Waals surface area contributed by atoms with E-state index in [1.807, 2.05) is 25.1 Å². The second-order valence-corrected chi connectivity index (χ2v) is 7.65. The Labute approximate surface area is 159 Å². The molecule has 0 aliphatic carbocycles. The Bertz CT molecular complexity index is 1020. The topological polar surface area (TPSA) is 62.7 Å². The van der Waals surface area contributed by atoms with Crippen molar-refractivity contribution < 1.29 is 19.0 Å². The van der Waals surface area contributed by atoms with Crippen LogP contribution < -0.4 is 4.74 Å². The van der Waals surface area contributed by atoms with Crippen LogP contribution in [0.2, 0.25) is 0 Å². The second kappa shape index (κ2) is 7.00. The van der Waals surface area contributed by atoms with E-state index < -0.39 is 5.82 Å². The zero-order valence-electron chi connectivity index (χ0n) is 14.6. The Morgan fingerprint density at radius 2 is 2.15 bits per heavy atom. The van der Waals surface area contributed by atoms with E-state index in [0.29, 0.717) is 17.9 Å². The average Bonchev–Trinajstić information content (AvgIpc) is 2.96. The Kier molecular flexibility index (Phi) is 4.53. The molecule has 5 nitrogen and oxygen atoms in total. The Hall–Kier alpha value is -2.93. The Morgan fingerprint density at radius 3 is 2.89 bits per heavy atom. The molecule has 7 heteroatoms. The molecule has 0 radical (unpaired) electrons. The van der Waals surface area contributed by atoms with Crippen molar-refractivity contribution in [1.29, 1.82) is 0 Å². The molecule has 1 aliphatic rings. The van der Waals surface area contributed by atoms with Crippen molar-refractivity contribution in [3.05, 3.63) is 64.5 Å². The number of hydrogen-bond donors (Lipinski definition) is 1. The number of benzene rings is 1. The van der Waals surface area contributed by atoms with Crippen LogP contribution in [0, 0.1) is 12.7 Å². The number of halogens is 1. The lowest BCUT2D eigenvalue weighted by Gasteiger charge is -2.20. The third-order valence-electron chi connectivity index (χ3n) is 4.38. The Balaban J connectivity index is 1.68. The lowest BCUT2D eigenvalue weighted by Crippen LogP contribution is -2.32. The number of phenols is 1. The molecule has 0 unspecified atom stereocenters. The van der Waals surface area contributed by atoms with Gasteiger partial charge in [-0.3, -0.25) is 9.78 Å². The third kappa shape index (κ3) is 3.50. The van der Waals surface area contributed by atoms with Crippen LogP contribution in [0.1, 0.15) is 20.8 Å². The number of nitrogens with zero attached hydrogens (tertiary/aromatic N) is 2. The van der Waals surface area contributed by atoms with Crippen LogP contribution in [0.3, 0.4) is 0 Å². The first-order valence-electron chi connectivity index (χ1n) is 8.46. The lowest BCUT2D eigenvalue weighted by atomic mass is 10.1. The van der Waals surface area contributed by atoms with E-state index in [2.05, 4.69) is 4.98 Å². The predicted octanol–water partition coefficient (Wildman–Crippen LogP) is 4.00. The molecule has 0 spiro atoms. The van der Waals surface area contributed by atoms with Crippen molar-refractivity contribution in [2.24, 2.45) is 0 Å². The van der Waals surface area contributed by atoms with Gasteiger partial charge in [0.25, 0.3) is 5.91 Å². The standard InChI is InChI=1S/C20H17FN2O3S/c1-12-2-3-18(27-12)13-6-15-11-23(4-5-26-19(15)17(24)8-13)20(25)14-7-16(21)10-22-9-14/h2-3,6-10,24H,4-5,11H2,1H3. The minimum Gasteiger partial charge on any atom is -0.504 e. The molecule has 0 saturated carbocycles. The zero-order valence-corrected chi connectivity index (χ0v) is 15.4. The third-order valence-corrected chi connectivity index (χ3v) is 5.43. The quantitative estimate of drug-likeness (QED) is 0.726. The van der Waals surface area contributed by atoms with Crippen molar-refractivity contribution in [1.82, 2.24) is 9.88 Å². The number of amides is 1. The van der Waals surface area contributed by atoms with Gasteiger partial charge in [-0.2, -0.15) is 0 Å². The van der Waals surface area contributed by atoms with Crippen molar-refractivity contribution in [3.63, 3.8) is 0 Å². The number of fused-ring (bicyclic) bond motifs is 1. The molecule has 0 fully saturated rings. The summed E-state index contributed by atoms with van der Waals surface area (Å²) < 4.78 is 19.1. The van der Waals surface area contributed by atoms with Crippen LogP contribution in [-0.2, 0) is 6.54 Å². The maximum atomic E-state index is 13.4. The summed E-state index contributed by atoms with van der Waals surface area (Å²) in [6, 6.07) is 8.80. The Morgan fingerprint density at radius 1 is 1.30 bits per heavy atom. The van der Waals surface area contributed by atoms with Gasteiger partial charge in [0.1, 0.15) is 12.4 Å². The number of rotatable bonds is 2. The minimum atomic E-state index is -0.555. The fraction of sp³-hybridized carbons (Fsp3) is 0.200. The molecule has 1 N–H and O–H groups in total. The zero-order chi connectivity index (χ0) is 19.0. The highest BCUT2D eigenvalue weighted by molar-refractivity contribution is 7.15. The van der Waals surface area contributed by atoms with Gasteiger partial charge in [-0.05, 0) is 42.8 Å². The average molecular weight is 384 g/mol. The fourth-order valence-electron chi connectivity index (χ4n) is 3.12. The summed E-state index contributed by atoms with van der Waals surface area (Å²) in [5, 5.41) is 10.4. The monoisotopic (exact) mass is 384 g/mol. The van der Waals surface area contributed by atoms with Gasteiger partial charge in [-0.1, -0.05) is 0 Å². The summed E-state index contributed by atoms with van der Waals surface area (Å²) in [7, 11) is 0. The molecule has 2 aromatic heterocycles. The van der Waals surface area contributed by atoms with E-state index >= 15 is 0 Å². The number of aryl methyl sites for hydroxylation is 1. The summed E-state index contributed by atoms with van der Waals surface area (Å²) in [6.07, 6.45) is 2.41. The number of thiophene rings is 1. The number of aromatic hydroxyl groups is 1. The van der Waals surface area contributed by atoms with Gasteiger partial charge in [-0.25, -0.2) is 4.39 Å². The van der Waals surface area contributed by atoms with Gasteiger partial charge >= 0.3 is 0 Å². The predicted molar refractivity (Wildman–Crippen MR) is 101 cm³/mol. The maximum absolute atomic E-state index is 13.4. The van der Waals surface area contributed by atoms with E-state index in [1.165, 1.54) is 17.1 Å². The molecule has 0 saturated heterocycles. The van der Waals surface area contributed by atoms with Crippen molar-refractivity contribution in [2.45, 2.75) is 13.5 Å². The van der Waals surface area contributed by atoms with Gasteiger partial charge < -0.3 is 14.7 Å². The van der Waals surface area contributed by atoms with Crippen LogP contribution >= 0.6 is 11.3 Å². The summed E-state index contributed by atoms with van der Waals surface area (Å²) in [6.45, 7) is 2.86. The molecule has 0 atom stereocenters. The van der Waals surface area contributed by atoms with Gasteiger partial charge in [0.05, 0.1) is 18.3 Å². The number of hydrogen-bond acceptors (Lipinski definition) is 5. The minimum absolute atomic E-state index is 0.0512. The summed E-state index contributed by atoms with van der Waals surface area (Å²) >= 11 is 1.63. The van der Waals surface area contributed by atoms with Crippen LogP contribution in [0.25, 0.3) is 10.4 Å². The van der Waals surface area contributed by atoms with Gasteiger partial charge in [-0.15, -0.1) is 11.3 Å². The molecule has 1 aromatic carbocycles. The fourth-order valence-corrected chi connectivity index (χ4v) is 3.97. The van der Waals surface area contributed by atoms with Crippen molar-refractivity contribution >= 4 is 17.2 Å². The highest BCUT2D eigenvalue weighted by atomic mass is 32.1. The molecule has 0 bridgehead atoms. The SMILES string of the molecule is Cc1ccc(-c2cc(O)c3c(c2)CN(C(=O)c2cncc(F)c2)CCO3)s1. The van der Waals surface area contributed by atoms with E-state index in [-0.39, 0.29) is 30.4 Å². The van der Waals surface area contributed by atoms with E-state index in [1.54, 1.807) is 22.3 Å². The largest absolute Gasteiger partial charge is 0.504 e. The number of phenolic OH excluding ortho intramolecular Hbond substituents is 1. The smallest absolute Gasteiger partial charge is 0.255 e. The van der Waals surface area contributed by atoms with Crippen molar-refractivity contribution in [3.8, 4) is 21.9 Å². The molecule has 3 heterocycles. The second-order valence-electron chi connectivity index (χ2n) is 6.36. The molecule has 27 heavy (non-hydrogen) atoms. The molecule has 3 aromatic rings. The molecule has 4 rings (SSSR count). The summed E-state index contributed by atoms with van der Waals surface area (Å²) in [4.78, 5) is 20.3. The van der Waals surface area contributed by atoms with E-state index in [0.717, 1.165) is 16.6 Å². The van der Waals surface area contributed by atoms with Gasteiger partial charge in [0.15, 0.2) is 11.5 Å². The number of carbonyl (C=O) groups is 1. The summed E-state index contributed by atoms with van der Waals surface area (Å²) in [5.41, 5.74) is 1.77. The van der Waals surface area contributed by atoms with E-state index in [9.17, 15) is 14.3 Å². The van der Waals surface area contributed by atoms with Gasteiger partial charge in [0.2, 0.25) is 0 Å². The molecule has 1 amide bonds. The van der Waals surface area contributed by atoms with E-state index in [4.69, 9.17) is 4.74 Å². The van der Waals surface area contributed by atoms with Crippen molar-refractivity contribution in [2.75, 3.05) is 13.2 Å². The molecular formula is C20H17FN2O3S. The number of ether oxygens (including phenoxy) is 1. The molecular weight excluding hydrogens is 367 g/mol. The van der Waals surface area contributed by atoms with Crippen LogP contribution in [-0.4, -0.2) is 34.0 Å². The molecule has 138 valence electrons. The van der Waals surface area contributed by atoms with Gasteiger partial charge in [0, 0.05) is 28.1 Å². The number of pyridine rings is 1. The number of aromatic nitrogens is 1.